The number of Topliss-reactive ketones (excluding diaryl/α,β-unsaturated/α-hetero) is 2. The number of rotatable bonds is 7. The van der Waals surface area contributed by atoms with Crippen LogP contribution in [0.3, 0.4) is 0 Å². The van der Waals surface area contributed by atoms with Crippen molar-refractivity contribution in [1.82, 2.24) is 0 Å². The summed E-state index contributed by atoms with van der Waals surface area (Å²) in [5, 5.41) is 0. The SMILES string of the molecule is CCCC(=O)c1ccc(-c2ccc(C(C)=O)c(S(=O)(=O)O)c2)cc1S(=O)(=O)O. The molecule has 2 aromatic carbocycles. The zero-order chi connectivity index (χ0) is 21.3. The monoisotopic (exact) mass is 426 g/mol. The van der Waals surface area contributed by atoms with E-state index in [1.54, 1.807) is 6.92 Å². The molecule has 0 spiro atoms. The Hall–Kier alpha value is -2.40. The second kappa shape index (κ2) is 7.92. The minimum absolute atomic E-state index is 0.0854. The standard InChI is InChI=1S/C18H18O8S2/c1-3-4-16(20)15-8-6-13(10-18(15)28(24,25)26)12-5-7-14(11(2)19)17(9-12)27(21,22)23/h5-10H,3-4H2,1-2H3,(H,21,22,23)(H,24,25,26). The third kappa shape index (κ3) is 4.71. The minimum atomic E-state index is -4.73. The molecule has 2 aromatic rings. The van der Waals surface area contributed by atoms with Crippen LogP contribution in [-0.2, 0) is 20.2 Å². The van der Waals surface area contributed by atoms with Crippen LogP contribution in [0.25, 0.3) is 11.1 Å². The molecule has 28 heavy (non-hydrogen) atoms. The molecule has 2 rings (SSSR count). The molecule has 0 aliphatic carbocycles. The maximum absolute atomic E-state index is 12.1. The van der Waals surface area contributed by atoms with E-state index in [1.807, 2.05) is 0 Å². The lowest BCUT2D eigenvalue weighted by atomic mass is 9.99. The molecule has 0 bridgehead atoms. The predicted molar refractivity (Wildman–Crippen MR) is 101 cm³/mol. The summed E-state index contributed by atoms with van der Waals surface area (Å²) in [5.74, 6) is -1.05. The molecule has 8 nitrogen and oxygen atoms in total. The highest BCUT2D eigenvalue weighted by atomic mass is 32.2. The van der Waals surface area contributed by atoms with Crippen molar-refractivity contribution in [2.24, 2.45) is 0 Å². The average Bonchev–Trinajstić information content (AvgIpc) is 2.59. The number of hydrogen-bond acceptors (Lipinski definition) is 6. The molecule has 0 amide bonds. The van der Waals surface area contributed by atoms with Gasteiger partial charge in [0.2, 0.25) is 0 Å². The van der Waals surface area contributed by atoms with E-state index in [1.165, 1.54) is 24.3 Å². The van der Waals surface area contributed by atoms with Crippen molar-refractivity contribution < 1.29 is 35.5 Å². The lowest BCUT2D eigenvalue weighted by molar-refractivity contribution is 0.0976. The fraction of sp³-hybridized carbons (Fsp3) is 0.222. The van der Waals surface area contributed by atoms with Gasteiger partial charge in [0, 0.05) is 17.5 Å². The van der Waals surface area contributed by atoms with E-state index in [9.17, 15) is 35.5 Å². The van der Waals surface area contributed by atoms with Crippen LogP contribution >= 0.6 is 0 Å². The van der Waals surface area contributed by atoms with Gasteiger partial charge in [0.05, 0.1) is 0 Å². The van der Waals surface area contributed by atoms with Gasteiger partial charge in [0.15, 0.2) is 11.6 Å². The smallest absolute Gasteiger partial charge is 0.294 e. The Labute approximate surface area is 162 Å². The Morgan fingerprint density at radius 1 is 0.821 bits per heavy atom. The van der Waals surface area contributed by atoms with E-state index in [0.717, 1.165) is 19.1 Å². The number of hydrogen-bond donors (Lipinski definition) is 2. The summed E-state index contributed by atoms with van der Waals surface area (Å²) in [6, 6.07) is 7.21. The van der Waals surface area contributed by atoms with Gasteiger partial charge in [-0.05, 0) is 48.7 Å². The normalized spacial score (nSPS) is 12.0. The van der Waals surface area contributed by atoms with E-state index in [0.29, 0.717) is 6.42 Å². The van der Waals surface area contributed by atoms with E-state index >= 15 is 0 Å². The molecule has 0 atom stereocenters. The fourth-order valence-electron chi connectivity index (χ4n) is 2.71. The van der Waals surface area contributed by atoms with Crippen LogP contribution in [0.5, 0.6) is 0 Å². The van der Waals surface area contributed by atoms with Crippen molar-refractivity contribution >= 4 is 31.8 Å². The second-order valence-electron chi connectivity index (χ2n) is 6.10. The van der Waals surface area contributed by atoms with Crippen LogP contribution in [0, 0.1) is 0 Å². The topological polar surface area (TPSA) is 143 Å². The number of carbonyl (C=O) groups excluding carboxylic acids is 2. The van der Waals surface area contributed by atoms with Crippen LogP contribution in [-0.4, -0.2) is 37.5 Å². The first-order chi connectivity index (χ1) is 12.9. The molecule has 0 fully saturated rings. The second-order valence-corrected chi connectivity index (χ2v) is 8.88. The summed E-state index contributed by atoms with van der Waals surface area (Å²) in [6.07, 6.45) is 0.567. The Balaban J connectivity index is 2.73. The van der Waals surface area contributed by atoms with Gasteiger partial charge >= 0.3 is 0 Å². The molecule has 0 aliphatic rings. The third-order valence-corrected chi connectivity index (χ3v) is 5.80. The molecule has 0 unspecified atom stereocenters. The summed E-state index contributed by atoms with van der Waals surface area (Å²) in [5.41, 5.74) is -0.0721. The molecule has 0 saturated heterocycles. The van der Waals surface area contributed by atoms with Crippen LogP contribution < -0.4 is 0 Å². The third-order valence-electron chi connectivity index (χ3n) is 4.01. The summed E-state index contributed by atoms with van der Waals surface area (Å²) in [4.78, 5) is 22.5. The quantitative estimate of drug-likeness (QED) is 0.508. The molecule has 2 N–H and O–H groups in total. The van der Waals surface area contributed by atoms with Gasteiger partial charge < -0.3 is 0 Å². The molecular formula is C18H18O8S2. The summed E-state index contributed by atoms with van der Waals surface area (Å²) in [7, 11) is -9.45. The van der Waals surface area contributed by atoms with Crippen molar-refractivity contribution in [3.8, 4) is 11.1 Å². The largest absolute Gasteiger partial charge is 0.295 e. The average molecular weight is 426 g/mol. The van der Waals surface area contributed by atoms with Crippen LogP contribution in [0.4, 0.5) is 0 Å². The zero-order valence-corrected chi connectivity index (χ0v) is 16.7. The van der Waals surface area contributed by atoms with Gasteiger partial charge in [-0.2, -0.15) is 16.8 Å². The lowest BCUT2D eigenvalue weighted by Crippen LogP contribution is -2.09. The minimum Gasteiger partial charge on any atom is -0.294 e. The predicted octanol–water partition coefficient (Wildman–Crippen LogP) is 3.03. The van der Waals surface area contributed by atoms with Gasteiger partial charge in [-0.3, -0.25) is 18.7 Å². The molecule has 0 aromatic heterocycles. The van der Waals surface area contributed by atoms with Crippen molar-refractivity contribution in [3.05, 3.63) is 47.5 Å². The van der Waals surface area contributed by atoms with Gasteiger partial charge in [0.25, 0.3) is 20.2 Å². The maximum atomic E-state index is 12.1. The Bertz CT molecular complexity index is 1160. The van der Waals surface area contributed by atoms with Crippen molar-refractivity contribution in [3.63, 3.8) is 0 Å². The Morgan fingerprint density at radius 2 is 1.25 bits per heavy atom. The molecule has 10 heteroatoms. The highest BCUT2D eigenvalue weighted by Crippen LogP contribution is 2.29. The van der Waals surface area contributed by atoms with Gasteiger partial charge in [-0.15, -0.1) is 0 Å². The summed E-state index contributed by atoms with van der Waals surface area (Å²) in [6.45, 7) is 2.88. The Morgan fingerprint density at radius 3 is 1.64 bits per heavy atom. The first kappa shape index (κ1) is 21.9. The lowest BCUT2D eigenvalue weighted by Gasteiger charge is -2.11. The maximum Gasteiger partial charge on any atom is 0.295 e. The number of ketones is 2. The molecule has 0 saturated carbocycles. The van der Waals surface area contributed by atoms with Crippen LogP contribution in [0.1, 0.15) is 47.4 Å². The number of benzene rings is 2. The van der Waals surface area contributed by atoms with Crippen LogP contribution in [0.2, 0.25) is 0 Å². The zero-order valence-electron chi connectivity index (χ0n) is 15.0. The van der Waals surface area contributed by atoms with Gasteiger partial charge in [0.1, 0.15) is 9.79 Å². The van der Waals surface area contributed by atoms with Crippen molar-refractivity contribution in [2.75, 3.05) is 0 Å². The first-order valence-electron chi connectivity index (χ1n) is 8.14. The molecule has 150 valence electrons. The Kier molecular flexibility index (Phi) is 6.19. The molecular weight excluding hydrogens is 408 g/mol. The van der Waals surface area contributed by atoms with Gasteiger partial charge in [-0.25, -0.2) is 0 Å². The summed E-state index contributed by atoms with van der Waals surface area (Å²) >= 11 is 0. The first-order valence-corrected chi connectivity index (χ1v) is 11.0. The molecule has 0 aliphatic heterocycles. The van der Waals surface area contributed by atoms with E-state index in [4.69, 9.17) is 0 Å². The van der Waals surface area contributed by atoms with E-state index < -0.39 is 41.6 Å². The van der Waals surface area contributed by atoms with E-state index in [-0.39, 0.29) is 28.7 Å². The van der Waals surface area contributed by atoms with Crippen molar-refractivity contribution in [1.29, 1.82) is 0 Å². The fourth-order valence-corrected chi connectivity index (χ4v) is 4.21. The van der Waals surface area contributed by atoms with Crippen molar-refractivity contribution in [2.45, 2.75) is 36.5 Å². The summed E-state index contributed by atoms with van der Waals surface area (Å²) < 4.78 is 65.6. The van der Waals surface area contributed by atoms with Gasteiger partial charge in [-0.1, -0.05) is 19.1 Å². The van der Waals surface area contributed by atoms with E-state index in [2.05, 4.69) is 0 Å². The highest BCUT2D eigenvalue weighted by molar-refractivity contribution is 7.86. The number of carbonyl (C=O) groups is 2. The highest BCUT2D eigenvalue weighted by Gasteiger charge is 2.23. The molecule has 0 radical (unpaired) electrons. The molecule has 0 heterocycles. The van der Waals surface area contributed by atoms with Crippen LogP contribution in [0.15, 0.2) is 46.2 Å².